The summed E-state index contributed by atoms with van der Waals surface area (Å²) in [7, 11) is 1.52. The Balaban J connectivity index is 2.25. The van der Waals surface area contributed by atoms with Crippen molar-refractivity contribution in [1.82, 2.24) is 5.32 Å². The number of nitrogens with one attached hydrogen (secondary N) is 1. The van der Waals surface area contributed by atoms with Gasteiger partial charge in [-0.25, -0.2) is 4.39 Å². The molecule has 1 aromatic rings. The number of benzene rings is 1. The van der Waals surface area contributed by atoms with Crippen LogP contribution < -0.4 is 10.1 Å². The summed E-state index contributed by atoms with van der Waals surface area (Å²) in [5.41, 5.74) is 0.747. The van der Waals surface area contributed by atoms with E-state index in [-0.39, 0.29) is 11.9 Å². The molecule has 0 spiro atoms. The van der Waals surface area contributed by atoms with Gasteiger partial charge >= 0.3 is 0 Å². The van der Waals surface area contributed by atoms with Gasteiger partial charge in [-0.15, -0.1) is 0 Å². The van der Waals surface area contributed by atoms with E-state index in [4.69, 9.17) is 4.74 Å². The van der Waals surface area contributed by atoms with Crippen molar-refractivity contribution in [2.24, 2.45) is 0 Å². The summed E-state index contributed by atoms with van der Waals surface area (Å²) in [5, 5.41) is 3.99. The van der Waals surface area contributed by atoms with Gasteiger partial charge in [-0.05, 0) is 37.6 Å². The first kappa shape index (κ1) is 15.6. The van der Waals surface area contributed by atoms with Gasteiger partial charge < -0.3 is 10.1 Å². The van der Waals surface area contributed by atoms with E-state index in [1.165, 1.54) is 25.7 Å². The third-order valence-corrected chi connectivity index (χ3v) is 5.21. The second-order valence-electron chi connectivity index (χ2n) is 5.20. The zero-order valence-electron chi connectivity index (χ0n) is 12.3. The summed E-state index contributed by atoms with van der Waals surface area (Å²) < 4.78 is 19.6. The lowest BCUT2D eigenvalue weighted by atomic mass is 9.98. The lowest BCUT2D eigenvalue weighted by Gasteiger charge is -2.31. The number of hydrogen-bond acceptors (Lipinski definition) is 3. The fraction of sp³-hybridized carbons (Fsp3) is 0.625. The Morgan fingerprint density at radius 2 is 2.30 bits per heavy atom. The van der Waals surface area contributed by atoms with Crippen molar-refractivity contribution in [2.75, 3.05) is 19.4 Å². The monoisotopic (exact) mass is 297 g/mol. The first-order valence-electron chi connectivity index (χ1n) is 7.45. The van der Waals surface area contributed by atoms with Crippen LogP contribution in [0.2, 0.25) is 0 Å². The summed E-state index contributed by atoms with van der Waals surface area (Å²) >= 11 is 1.97. The lowest BCUT2D eigenvalue weighted by molar-refractivity contribution is 0.376. The maximum Gasteiger partial charge on any atom is 0.169 e. The van der Waals surface area contributed by atoms with E-state index in [2.05, 4.69) is 12.2 Å². The van der Waals surface area contributed by atoms with Crippen molar-refractivity contribution in [3.05, 3.63) is 29.6 Å². The van der Waals surface area contributed by atoms with Crippen LogP contribution >= 0.6 is 11.8 Å². The van der Waals surface area contributed by atoms with E-state index < -0.39 is 0 Å². The van der Waals surface area contributed by atoms with Crippen LogP contribution in [-0.4, -0.2) is 24.7 Å². The predicted octanol–water partition coefficient (Wildman–Crippen LogP) is 4.16. The van der Waals surface area contributed by atoms with E-state index in [1.54, 1.807) is 6.07 Å². The minimum absolute atomic E-state index is 0.0790. The van der Waals surface area contributed by atoms with Gasteiger partial charge in [-0.1, -0.05) is 25.5 Å². The zero-order chi connectivity index (χ0) is 14.4. The summed E-state index contributed by atoms with van der Waals surface area (Å²) in [6.07, 6.45) is 4.73. The van der Waals surface area contributed by atoms with E-state index in [9.17, 15) is 4.39 Å². The molecular weight excluding hydrogens is 273 g/mol. The van der Waals surface area contributed by atoms with Crippen molar-refractivity contribution < 1.29 is 9.13 Å². The highest BCUT2D eigenvalue weighted by Gasteiger charge is 2.28. The Kier molecular flexibility index (Phi) is 6.17. The molecule has 20 heavy (non-hydrogen) atoms. The van der Waals surface area contributed by atoms with Crippen LogP contribution in [0.4, 0.5) is 4.39 Å². The molecule has 1 fully saturated rings. The van der Waals surface area contributed by atoms with Crippen LogP contribution in [0.3, 0.4) is 0 Å². The predicted molar refractivity (Wildman–Crippen MR) is 84.1 cm³/mol. The van der Waals surface area contributed by atoms with Gasteiger partial charge in [0, 0.05) is 16.9 Å². The molecule has 2 nitrogen and oxygen atoms in total. The second kappa shape index (κ2) is 7.89. The van der Waals surface area contributed by atoms with Crippen molar-refractivity contribution in [3.63, 3.8) is 0 Å². The van der Waals surface area contributed by atoms with Gasteiger partial charge in [-0.2, -0.15) is 11.8 Å². The van der Waals surface area contributed by atoms with E-state index in [0.717, 1.165) is 24.9 Å². The first-order valence-corrected chi connectivity index (χ1v) is 8.50. The lowest BCUT2D eigenvalue weighted by Crippen LogP contribution is -2.33. The maximum atomic E-state index is 14.5. The minimum atomic E-state index is -0.213. The largest absolute Gasteiger partial charge is 0.494 e. The molecule has 112 valence electrons. The SMILES string of the molecule is CCCNC(c1cccc(OC)c1F)C1CCCCS1. The van der Waals surface area contributed by atoms with Crippen LogP contribution in [-0.2, 0) is 0 Å². The molecule has 1 aromatic carbocycles. The molecular formula is C16H24FNOS. The normalized spacial score (nSPS) is 20.6. The summed E-state index contributed by atoms with van der Waals surface area (Å²) in [6.45, 7) is 3.05. The fourth-order valence-corrected chi connectivity index (χ4v) is 4.14. The van der Waals surface area contributed by atoms with Crippen LogP contribution in [0.25, 0.3) is 0 Å². The van der Waals surface area contributed by atoms with Crippen molar-refractivity contribution in [3.8, 4) is 5.75 Å². The standard InChI is InChI=1S/C16H24FNOS/c1-3-10-18-16(14-9-4-5-11-20-14)12-7-6-8-13(19-2)15(12)17/h6-8,14,16,18H,3-5,9-11H2,1-2H3. The molecule has 0 saturated carbocycles. The van der Waals surface area contributed by atoms with Crippen LogP contribution in [0.1, 0.15) is 44.2 Å². The van der Waals surface area contributed by atoms with Crippen molar-refractivity contribution >= 4 is 11.8 Å². The van der Waals surface area contributed by atoms with Crippen LogP contribution in [0.15, 0.2) is 18.2 Å². The van der Waals surface area contributed by atoms with Crippen molar-refractivity contribution in [2.45, 2.75) is 43.9 Å². The van der Waals surface area contributed by atoms with Gasteiger partial charge in [0.15, 0.2) is 11.6 Å². The van der Waals surface area contributed by atoms with Crippen molar-refractivity contribution in [1.29, 1.82) is 0 Å². The first-order chi connectivity index (χ1) is 9.77. The Morgan fingerprint density at radius 3 is 2.95 bits per heavy atom. The molecule has 0 radical (unpaired) electrons. The number of ether oxygens (including phenoxy) is 1. The molecule has 0 bridgehead atoms. The molecule has 0 amide bonds. The second-order valence-corrected chi connectivity index (χ2v) is 6.55. The number of hydrogen-bond donors (Lipinski definition) is 1. The average molecular weight is 297 g/mol. The molecule has 0 aromatic heterocycles. The number of rotatable bonds is 6. The van der Waals surface area contributed by atoms with Gasteiger partial charge in [0.2, 0.25) is 0 Å². The van der Waals surface area contributed by atoms with Crippen LogP contribution in [0, 0.1) is 5.82 Å². The topological polar surface area (TPSA) is 21.3 Å². The Morgan fingerprint density at radius 1 is 1.45 bits per heavy atom. The quantitative estimate of drug-likeness (QED) is 0.852. The Labute approximate surface area is 125 Å². The highest BCUT2D eigenvalue weighted by molar-refractivity contribution is 8.00. The third-order valence-electron chi connectivity index (χ3n) is 3.75. The smallest absolute Gasteiger partial charge is 0.169 e. The summed E-state index contributed by atoms with van der Waals surface area (Å²) in [5.74, 6) is 1.31. The number of halogens is 1. The van der Waals surface area contributed by atoms with Gasteiger partial charge in [0.05, 0.1) is 7.11 Å². The molecule has 1 aliphatic heterocycles. The van der Waals surface area contributed by atoms with Crippen LogP contribution in [0.5, 0.6) is 5.75 Å². The number of thioether (sulfide) groups is 1. The number of methoxy groups -OCH3 is 1. The molecule has 1 heterocycles. The Hall–Kier alpha value is -0.740. The van der Waals surface area contributed by atoms with Gasteiger partial charge in [0.1, 0.15) is 0 Å². The molecule has 1 saturated heterocycles. The zero-order valence-corrected chi connectivity index (χ0v) is 13.1. The van der Waals surface area contributed by atoms with Gasteiger partial charge in [0.25, 0.3) is 0 Å². The summed E-state index contributed by atoms with van der Waals surface area (Å²) in [4.78, 5) is 0. The Bertz CT molecular complexity index is 421. The average Bonchev–Trinajstić information content (AvgIpc) is 2.50. The molecule has 1 N–H and O–H groups in total. The molecule has 2 unspecified atom stereocenters. The molecule has 2 atom stereocenters. The van der Waals surface area contributed by atoms with E-state index in [1.807, 2.05) is 23.9 Å². The fourth-order valence-electron chi connectivity index (χ4n) is 2.70. The highest BCUT2D eigenvalue weighted by atomic mass is 32.2. The maximum absolute atomic E-state index is 14.5. The highest BCUT2D eigenvalue weighted by Crippen LogP contribution is 2.37. The molecule has 1 aliphatic rings. The third kappa shape index (κ3) is 3.67. The minimum Gasteiger partial charge on any atom is -0.494 e. The molecule has 0 aliphatic carbocycles. The van der Waals surface area contributed by atoms with Gasteiger partial charge in [-0.3, -0.25) is 0 Å². The molecule has 2 rings (SSSR count). The van der Waals surface area contributed by atoms with E-state index in [0.29, 0.717) is 11.0 Å². The van der Waals surface area contributed by atoms with E-state index >= 15 is 0 Å². The summed E-state index contributed by atoms with van der Waals surface area (Å²) in [6, 6.07) is 5.53. The molecule has 4 heteroatoms.